The van der Waals surface area contributed by atoms with E-state index in [0.29, 0.717) is 6.54 Å². The molecule has 3 nitrogen and oxygen atoms in total. The summed E-state index contributed by atoms with van der Waals surface area (Å²) in [5.74, 6) is 0. The molecule has 0 radical (unpaired) electrons. The summed E-state index contributed by atoms with van der Waals surface area (Å²) in [5, 5.41) is 0. The van der Waals surface area contributed by atoms with Crippen LogP contribution in [0.15, 0.2) is 42.7 Å². The predicted octanol–water partition coefficient (Wildman–Crippen LogP) is 1.52. The predicted molar refractivity (Wildman–Crippen MR) is 61.2 cm³/mol. The molecule has 0 amide bonds. The zero-order valence-corrected chi connectivity index (χ0v) is 8.48. The molecule has 78 valence electrons. The smallest absolute Gasteiger partial charge is 0.0566 e. The van der Waals surface area contributed by atoms with Gasteiger partial charge in [-0.2, -0.15) is 0 Å². The first-order valence-electron chi connectivity index (χ1n) is 4.98. The van der Waals surface area contributed by atoms with Gasteiger partial charge in [-0.1, -0.05) is 24.3 Å². The van der Waals surface area contributed by atoms with E-state index in [1.807, 2.05) is 42.7 Å². The molecule has 0 saturated carbocycles. The van der Waals surface area contributed by atoms with Crippen molar-refractivity contribution < 1.29 is 0 Å². The molecule has 0 aliphatic carbocycles. The topological polar surface area (TPSA) is 67.8 Å². The standard InChI is InChI=1S/C12H15N3/c13-7-9-1-3-10(4-2-9)12(14)11-5-6-15-8-11/h1-6,8,12,15H,7,13-14H2. The number of hydrogen-bond donors (Lipinski definition) is 3. The van der Waals surface area contributed by atoms with Gasteiger partial charge in [-0.05, 0) is 22.8 Å². The molecule has 1 aromatic heterocycles. The molecule has 0 aliphatic heterocycles. The second kappa shape index (κ2) is 4.29. The molecule has 0 aliphatic rings. The number of aromatic amines is 1. The molecule has 2 aromatic rings. The molecule has 2 rings (SSSR count). The second-order valence-corrected chi connectivity index (χ2v) is 3.57. The largest absolute Gasteiger partial charge is 0.367 e. The lowest BCUT2D eigenvalue weighted by atomic mass is 10.0. The Morgan fingerprint density at radius 2 is 1.80 bits per heavy atom. The summed E-state index contributed by atoms with van der Waals surface area (Å²) in [6.07, 6.45) is 3.80. The lowest BCUT2D eigenvalue weighted by molar-refractivity contribution is 0.871. The average molecular weight is 201 g/mol. The molecule has 1 aromatic carbocycles. The number of H-pyrrole nitrogens is 1. The fourth-order valence-electron chi connectivity index (χ4n) is 1.58. The van der Waals surface area contributed by atoms with Crippen LogP contribution in [-0.2, 0) is 6.54 Å². The van der Waals surface area contributed by atoms with E-state index in [1.165, 1.54) is 0 Å². The number of rotatable bonds is 3. The van der Waals surface area contributed by atoms with Crippen molar-refractivity contribution in [1.82, 2.24) is 4.98 Å². The summed E-state index contributed by atoms with van der Waals surface area (Å²) >= 11 is 0. The first-order valence-corrected chi connectivity index (χ1v) is 4.98. The van der Waals surface area contributed by atoms with Crippen molar-refractivity contribution in [2.24, 2.45) is 11.5 Å². The van der Waals surface area contributed by atoms with Gasteiger partial charge >= 0.3 is 0 Å². The number of benzene rings is 1. The van der Waals surface area contributed by atoms with Gasteiger partial charge in [-0.15, -0.1) is 0 Å². The minimum Gasteiger partial charge on any atom is -0.367 e. The molecule has 0 saturated heterocycles. The Morgan fingerprint density at radius 3 is 2.33 bits per heavy atom. The van der Waals surface area contributed by atoms with Gasteiger partial charge in [0, 0.05) is 18.9 Å². The summed E-state index contributed by atoms with van der Waals surface area (Å²) in [7, 11) is 0. The number of hydrogen-bond acceptors (Lipinski definition) is 2. The Hall–Kier alpha value is -1.58. The lowest BCUT2D eigenvalue weighted by Gasteiger charge is -2.10. The molecule has 3 heteroatoms. The van der Waals surface area contributed by atoms with Crippen LogP contribution in [0.25, 0.3) is 0 Å². The van der Waals surface area contributed by atoms with Crippen LogP contribution in [0.2, 0.25) is 0 Å². The first-order chi connectivity index (χ1) is 7.31. The van der Waals surface area contributed by atoms with E-state index in [9.17, 15) is 0 Å². The highest BCUT2D eigenvalue weighted by Crippen LogP contribution is 2.19. The third-order valence-electron chi connectivity index (χ3n) is 2.56. The van der Waals surface area contributed by atoms with Gasteiger partial charge in [0.15, 0.2) is 0 Å². The van der Waals surface area contributed by atoms with Crippen molar-refractivity contribution in [2.75, 3.05) is 0 Å². The van der Waals surface area contributed by atoms with Crippen LogP contribution < -0.4 is 11.5 Å². The van der Waals surface area contributed by atoms with E-state index in [4.69, 9.17) is 11.5 Å². The summed E-state index contributed by atoms with van der Waals surface area (Å²) < 4.78 is 0. The third kappa shape index (κ3) is 2.09. The lowest BCUT2D eigenvalue weighted by Crippen LogP contribution is -2.11. The van der Waals surface area contributed by atoms with E-state index < -0.39 is 0 Å². The summed E-state index contributed by atoms with van der Waals surface area (Å²) in [5.41, 5.74) is 15.0. The van der Waals surface area contributed by atoms with Crippen LogP contribution in [0.5, 0.6) is 0 Å². The van der Waals surface area contributed by atoms with Crippen molar-refractivity contribution >= 4 is 0 Å². The van der Waals surface area contributed by atoms with Gasteiger partial charge in [-0.3, -0.25) is 0 Å². The molecule has 1 atom stereocenters. The SMILES string of the molecule is NCc1ccc(C(N)c2cc[nH]c2)cc1. The fraction of sp³-hybridized carbons (Fsp3) is 0.167. The van der Waals surface area contributed by atoms with Crippen molar-refractivity contribution in [3.8, 4) is 0 Å². The number of aromatic nitrogens is 1. The molecule has 0 spiro atoms. The van der Waals surface area contributed by atoms with E-state index in [-0.39, 0.29) is 6.04 Å². The molecular weight excluding hydrogens is 186 g/mol. The van der Waals surface area contributed by atoms with Crippen molar-refractivity contribution in [2.45, 2.75) is 12.6 Å². The summed E-state index contributed by atoms with van der Waals surface area (Å²) in [6, 6.07) is 10.0. The van der Waals surface area contributed by atoms with Gasteiger partial charge in [0.2, 0.25) is 0 Å². The fourth-order valence-corrected chi connectivity index (χ4v) is 1.58. The maximum atomic E-state index is 6.10. The molecule has 0 bridgehead atoms. The number of nitrogens with two attached hydrogens (primary N) is 2. The molecule has 1 unspecified atom stereocenters. The highest BCUT2D eigenvalue weighted by Gasteiger charge is 2.08. The Balaban J connectivity index is 2.22. The monoisotopic (exact) mass is 201 g/mol. The minimum absolute atomic E-state index is 0.0666. The molecule has 5 N–H and O–H groups in total. The van der Waals surface area contributed by atoms with E-state index >= 15 is 0 Å². The Kier molecular flexibility index (Phi) is 2.85. The highest BCUT2D eigenvalue weighted by atomic mass is 14.7. The van der Waals surface area contributed by atoms with Crippen LogP contribution in [0.3, 0.4) is 0 Å². The van der Waals surface area contributed by atoms with Crippen LogP contribution in [0.1, 0.15) is 22.7 Å². The zero-order valence-electron chi connectivity index (χ0n) is 8.48. The second-order valence-electron chi connectivity index (χ2n) is 3.57. The van der Waals surface area contributed by atoms with Crippen LogP contribution in [0, 0.1) is 0 Å². The van der Waals surface area contributed by atoms with Gasteiger partial charge < -0.3 is 16.5 Å². The quantitative estimate of drug-likeness (QED) is 0.704. The van der Waals surface area contributed by atoms with Gasteiger partial charge in [0.1, 0.15) is 0 Å². The Morgan fingerprint density at radius 1 is 1.07 bits per heavy atom. The summed E-state index contributed by atoms with van der Waals surface area (Å²) in [4.78, 5) is 3.00. The van der Waals surface area contributed by atoms with E-state index in [0.717, 1.165) is 16.7 Å². The third-order valence-corrected chi connectivity index (χ3v) is 2.56. The van der Waals surface area contributed by atoms with E-state index in [2.05, 4.69) is 4.98 Å². The highest BCUT2D eigenvalue weighted by molar-refractivity contribution is 5.31. The molecule has 1 heterocycles. The van der Waals surface area contributed by atoms with Crippen LogP contribution >= 0.6 is 0 Å². The van der Waals surface area contributed by atoms with Gasteiger partial charge in [0.25, 0.3) is 0 Å². The van der Waals surface area contributed by atoms with Crippen molar-refractivity contribution in [3.05, 3.63) is 59.4 Å². The van der Waals surface area contributed by atoms with Crippen molar-refractivity contribution in [3.63, 3.8) is 0 Å². The average Bonchev–Trinajstić information content (AvgIpc) is 2.82. The molecular formula is C12H15N3. The Bertz CT molecular complexity index is 403. The van der Waals surface area contributed by atoms with Gasteiger partial charge in [-0.25, -0.2) is 0 Å². The maximum Gasteiger partial charge on any atom is 0.0566 e. The van der Waals surface area contributed by atoms with Crippen LogP contribution in [-0.4, -0.2) is 4.98 Å². The first kappa shape index (κ1) is 9.96. The zero-order chi connectivity index (χ0) is 10.7. The maximum absolute atomic E-state index is 6.10. The van der Waals surface area contributed by atoms with Crippen LogP contribution in [0.4, 0.5) is 0 Å². The van der Waals surface area contributed by atoms with Crippen molar-refractivity contribution in [1.29, 1.82) is 0 Å². The van der Waals surface area contributed by atoms with E-state index in [1.54, 1.807) is 0 Å². The Labute approximate surface area is 89.1 Å². The normalized spacial score (nSPS) is 12.7. The van der Waals surface area contributed by atoms with Gasteiger partial charge in [0.05, 0.1) is 6.04 Å². The molecule has 15 heavy (non-hydrogen) atoms. The summed E-state index contributed by atoms with van der Waals surface area (Å²) in [6.45, 7) is 0.569. The molecule has 0 fully saturated rings. The minimum atomic E-state index is -0.0666. The number of nitrogens with one attached hydrogen (secondary N) is 1.